The maximum absolute atomic E-state index is 12.8. The lowest BCUT2D eigenvalue weighted by Gasteiger charge is -2.18. The van der Waals surface area contributed by atoms with Crippen molar-refractivity contribution in [2.45, 2.75) is 245 Å². The van der Waals surface area contributed by atoms with Crippen molar-refractivity contribution in [2.75, 3.05) is 13.2 Å². The molecule has 63 heavy (non-hydrogen) atoms. The highest BCUT2D eigenvalue weighted by Crippen LogP contribution is 2.14. The Morgan fingerprint density at radius 2 is 0.635 bits per heavy atom. The number of carbonyl (C=O) groups is 3. The molecule has 360 valence electrons. The maximum Gasteiger partial charge on any atom is 0.306 e. The number of unbranched alkanes of at least 4 members (excludes halogenated alkanes) is 25. The van der Waals surface area contributed by atoms with Gasteiger partial charge in [-0.05, 0) is 89.9 Å². The predicted molar refractivity (Wildman–Crippen MR) is 270 cm³/mol. The molecule has 0 saturated heterocycles. The van der Waals surface area contributed by atoms with Crippen molar-refractivity contribution < 1.29 is 28.6 Å². The average molecular weight is 877 g/mol. The number of esters is 3. The van der Waals surface area contributed by atoms with Gasteiger partial charge >= 0.3 is 17.9 Å². The molecule has 0 bridgehead atoms. The summed E-state index contributed by atoms with van der Waals surface area (Å²) >= 11 is 0. The Morgan fingerprint density at radius 3 is 1.03 bits per heavy atom. The van der Waals surface area contributed by atoms with Crippen molar-refractivity contribution in [3.8, 4) is 0 Å². The monoisotopic (exact) mass is 877 g/mol. The van der Waals surface area contributed by atoms with Crippen molar-refractivity contribution in [1.82, 2.24) is 0 Å². The van der Waals surface area contributed by atoms with E-state index in [0.29, 0.717) is 19.3 Å². The Morgan fingerprint density at radius 1 is 0.333 bits per heavy atom. The van der Waals surface area contributed by atoms with Crippen LogP contribution in [0.1, 0.15) is 239 Å². The van der Waals surface area contributed by atoms with E-state index in [9.17, 15) is 14.4 Å². The highest BCUT2D eigenvalue weighted by molar-refractivity contribution is 5.71. The third kappa shape index (κ3) is 49.5. The van der Waals surface area contributed by atoms with E-state index in [-0.39, 0.29) is 31.1 Å². The second kappa shape index (κ2) is 51.2. The van der Waals surface area contributed by atoms with Crippen LogP contribution in [-0.4, -0.2) is 37.2 Å². The van der Waals surface area contributed by atoms with Crippen molar-refractivity contribution >= 4 is 17.9 Å². The first kappa shape index (κ1) is 59.6. The Balaban J connectivity index is 4.44. The van der Waals surface area contributed by atoms with E-state index in [1.807, 2.05) is 0 Å². The molecule has 0 N–H and O–H groups in total. The summed E-state index contributed by atoms with van der Waals surface area (Å²) in [4.78, 5) is 38.0. The number of hydrogen-bond donors (Lipinski definition) is 0. The summed E-state index contributed by atoms with van der Waals surface area (Å²) in [6.45, 7) is 6.43. The van der Waals surface area contributed by atoms with Crippen LogP contribution in [0, 0.1) is 0 Å². The van der Waals surface area contributed by atoms with Crippen LogP contribution in [0.15, 0.2) is 85.1 Å². The van der Waals surface area contributed by atoms with Gasteiger partial charge in [-0.2, -0.15) is 0 Å². The summed E-state index contributed by atoms with van der Waals surface area (Å²) in [7, 11) is 0. The average Bonchev–Trinajstić information content (AvgIpc) is 3.28. The molecule has 0 fully saturated rings. The number of hydrogen-bond acceptors (Lipinski definition) is 6. The molecule has 0 heterocycles. The lowest BCUT2D eigenvalue weighted by atomic mass is 10.1. The van der Waals surface area contributed by atoms with Crippen LogP contribution in [0.3, 0.4) is 0 Å². The first-order chi connectivity index (χ1) is 31.0. The van der Waals surface area contributed by atoms with Crippen molar-refractivity contribution in [3.05, 3.63) is 85.1 Å². The van der Waals surface area contributed by atoms with E-state index in [1.54, 1.807) is 0 Å². The van der Waals surface area contributed by atoms with E-state index in [0.717, 1.165) is 103 Å². The smallest absolute Gasteiger partial charge is 0.306 e. The maximum atomic E-state index is 12.8. The Hall–Kier alpha value is -3.41. The zero-order valence-corrected chi connectivity index (χ0v) is 41.1. The van der Waals surface area contributed by atoms with Crippen LogP contribution < -0.4 is 0 Å². The molecule has 1 unspecified atom stereocenters. The molecule has 0 aromatic carbocycles. The number of allylic oxidation sites excluding steroid dienone is 14. The zero-order valence-electron chi connectivity index (χ0n) is 41.1. The molecule has 6 nitrogen and oxygen atoms in total. The minimum absolute atomic E-state index is 0.0933. The first-order valence-corrected chi connectivity index (χ1v) is 26.2. The Bertz CT molecular complexity index is 1240. The van der Waals surface area contributed by atoms with E-state index in [1.165, 1.54) is 96.3 Å². The molecule has 0 rings (SSSR count). The fourth-order valence-electron chi connectivity index (χ4n) is 7.03. The third-order valence-electron chi connectivity index (χ3n) is 11.0. The minimum atomic E-state index is -0.794. The summed E-state index contributed by atoms with van der Waals surface area (Å²) in [5, 5.41) is 0. The van der Waals surface area contributed by atoms with Gasteiger partial charge in [0, 0.05) is 19.3 Å². The van der Waals surface area contributed by atoms with Gasteiger partial charge in [0.05, 0.1) is 0 Å². The fourth-order valence-corrected chi connectivity index (χ4v) is 7.03. The molecule has 0 aliphatic heterocycles. The Labute approximate surface area is 388 Å². The molecule has 0 aromatic heterocycles. The Kier molecular flexibility index (Phi) is 48.5. The van der Waals surface area contributed by atoms with Crippen LogP contribution in [0.2, 0.25) is 0 Å². The molecule has 0 aliphatic rings. The van der Waals surface area contributed by atoms with E-state index in [4.69, 9.17) is 14.2 Å². The van der Waals surface area contributed by atoms with E-state index < -0.39 is 6.10 Å². The number of ether oxygens (including phenoxy) is 3. The quantitative estimate of drug-likeness (QED) is 0.0199. The second-order valence-corrected chi connectivity index (χ2v) is 17.2. The molecular formula is C57H96O6. The zero-order chi connectivity index (χ0) is 45.8. The van der Waals surface area contributed by atoms with Gasteiger partial charge in [0.2, 0.25) is 0 Å². The van der Waals surface area contributed by atoms with Crippen LogP contribution in [0.4, 0.5) is 0 Å². The summed E-state index contributed by atoms with van der Waals surface area (Å²) in [5.41, 5.74) is 0. The van der Waals surface area contributed by atoms with E-state index >= 15 is 0 Å². The predicted octanol–water partition coefficient (Wildman–Crippen LogP) is 17.2. The van der Waals surface area contributed by atoms with Crippen LogP contribution >= 0.6 is 0 Å². The first-order valence-electron chi connectivity index (χ1n) is 26.2. The molecule has 0 aromatic rings. The molecule has 1 atom stereocenters. The van der Waals surface area contributed by atoms with Crippen molar-refractivity contribution in [3.63, 3.8) is 0 Å². The molecule has 0 radical (unpaired) electrons. The molecule has 0 aliphatic carbocycles. The van der Waals surface area contributed by atoms with Gasteiger partial charge in [-0.3, -0.25) is 14.4 Å². The second-order valence-electron chi connectivity index (χ2n) is 17.2. The SMILES string of the molecule is CC\C=C/C=C\C=C/CCCCCCCCCC(=O)OC(COC(=O)CCCCCCC\C=C/C=C\C=C/CCCCCCC)COC(=O)CCCCCCC/C=C\CCCCC. The third-order valence-corrected chi connectivity index (χ3v) is 11.0. The molecular weight excluding hydrogens is 781 g/mol. The van der Waals surface area contributed by atoms with Crippen molar-refractivity contribution in [2.24, 2.45) is 0 Å². The van der Waals surface area contributed by atoms with Crippen molar-refractivity contribution in [1.29, 1.82) is 0 Å². The van der Waals surface area contributed by atoms with Gasteiger partial charge in [-0.1, -0.05) is 215 Å². The normalized spacial score (nSPS) is 12.7. The molecule has 0 spiro atoms. The van der Waals surface area contributed by atoms with Crippen LogP contribution in [0.5, 0.6) is 0 Å². The largest absolute Gasteiger partial charge is 0.462 e. The van der Waals surface area contributed by atoms with Crippen LogP contribution in [-0.2, 0) is 28.6 Å². The molecule has 0 amide bonds. The molecule has 6 heteroatoms. The summed E-state index contributed by atoms with van der Waals surface area (Å²) in [6.07, 6.45) is 65.6. The highest BCUT2D eigenvalue weighted by atomic mass is 16.6. The standard InChI is InChI=1S/C57H96O6/c1-4-7-10-13-16-19-22-25-27-28-29-31-32-35-38-41-44-47-50-56(59)62-53-54(52-61-55(58)49-46-43-40-37-34-24-21-18-15-12-9-6-3)63-57(60)51-48-45-42-39-36-33-30-26-23-20-17-14-11-8-5-2/h8,11,14,17-18,20-23,25,27-29,31,54H,4-7,9-10,12-13,15-16,19,24,26,30,32-53H2,1-3H3/b11-8-,17-14-,21-18-,23-20-,25-22-,28-27-,31-29-. The van der Waals surface area contributed by atoms with Crippen LogP contribution in [0.25, 0.3) is 0 Å². The summed E-state index contributed by atoms with van der Waals surface area (Å²) < 4.78 is 16.8. The summed E-state index contributed by atoms with van der Waals surface area (Å²) in [5.74, 6) is -0.935. The van der Waals surface area contributed by atoms with Gasteiger partial charge < -0.3 is 14.2 Å². The molecule has 0 saturated carbocycles. The minimum Gasteiger partial charge on any atom is -0.462 e. The lowest BCUT2D eigenvalue weighted by Crippen LogP contribution is -2.30. The van der Waals surface area contributed by atoms with Gasteiger partial charge in [-0.15, -0.1) is 0 Å². The highest BCUT2D eigenvalue weighted by Gasteiger charge is 2.19. The summed E-state index contributed by atoms with van der Waals surface area (Å²) in [6, 6.07) is 0. The number of rotatable bonds is 46. The topological polar surface area (TPSA) is 78.9 Å². The van der Waals surface area contributed by atoms with Gasteiger partial charge in [0.15, 0.2) is 6.10 Å². The number of carbonyl (C=O) groups excluding carboxylic acids is 3. The van der Waals surface area contributed by atoms with Gasteiger partial charge in [0.25, 0.3) is 0 Å². The lowest BCUT2D eigenvalue weighted by molar-refractivity contribution is -0.167. The van der Waals surface area contributed by atoms with Gasteiger partial charge in [-0.25, -0.2) is 0 Å². The fraction of sp³-hybridized carbons (Fsp3) is 0.702. The van der Waals surface area contributed by atoms with Gasteiger partial charge in [0.1, 0.15) is 13.2 Å². The van der Waals surface area contributed by atoms with E-state index in [2.05, 4.69) is 106 Å².